The number of nitrogens with one attached hydrogen (secondary N) is 1. The fraction of sp³-hybridized carbons (Fsp3) is 0.750. The second kappa shape index (κ2) is 5.61. The molecule has 84 valence electrons. The first kappa shape index (κ1) is 11.1. The van der Waals surface area contributed by atoms with Gasteiger partial charge < -0.3 is 5.32 Å². The third-order valence-corrected chi connectivity index (χ3v) is 4.05. The Kier molecular flexibility index (Phi) is 4.15. The largest absolute Gasteiger partial charge is 0.314 e. The molecule has 1 aromatic heterocycles. The zero-order valence-electron chi connectivity index (χ0n) is 9.46. The van der Waals surface area contributed by atoms with E-state index in [1.807, 2.05) is 17.5 Å². The van der Waals surface area contributed by atoms with E-state index in [9.17, 15) is 0 Å². The Morgan fingerprint density at radius 3 is 2.87 bits per heavy atom. The van der Waals surface area contributed by atoms with Crippen LogP contribution >= 0.6 is 11.3 Å². The molecule has 15 heavy (non-hydrogen) atoms. The van der Waals surface area contributed by atoms with Gasteiger partial charge in [0.25, 0.3) is 0 Å². The van der Waals surface area contributed by atoms with Crippen LogP contribution in [0.4, 0.5) is 0 Å². The Morgan fingerprint density at radius 2 is 2.20 bits per heavy atom. The van der Waals surface area contributed by atoms with E-state index in [-0.39, 0.29) is 0 Å². The normalized spacial score (nSPS) is 18.2. The quantitative estimate of drug-likeness (QED) is 0.850. The molecule has 1 saturated carbocycles. The van der Waals surface area contributed by atoms with Crippen LogP contribution in [-0.2, 0) is 6.42 Å². The maximum atomic E-state index is 4.27. The van der Waals surface area contributed by atoms with Gasteiger partial charge in [-0.1, -0.05) is 19.3 Å². The van der Waals surface area contributed by atoms with Gasteiger partial charge in [0.2, 0.25) is 0 Å². The Hall–Kier alpha value is -0.410. The number of hydrogen-bond acceptors (Lipinski definition) is 3. The standard InChI is InChI=1S/C12H20N2S/c1-10-14-9-12(15-10)7-8-13-11-5-3-2-4-6-11/h9,11,13H,2-8H2,1H3. The molecule has 1 fully saturated rings. The summed E-state index contributed by atoms with van der Waals surface area (Å²) in [7, 11) is 0. The molecule has 0 bridgehead atoms. The molecule has 1 aliphatic carbocycles. The molecule has 0 atom stereocenters. The van der Waals surface area contributed by atoms with Crippen LogP contribution in [0.1, 0.15) is 42.0 Å². The van der Waals surface area contributed by atoms with Crippen LogP contribution in [0.15, 0.2) is 6.20 Å². The predicted octanol–water partition coefficient (Wildman–Crippen LogP) is 2.92. The zero-order chi connectivity index (χ0) is 10.5. The van der Waals surface area contributed by atoms with E-state index >= 15 is 0 Å². The molecule has 0 radical (unpaired) electrons. The molecule has 0 spiro atoms. The maximum Gasteiger partial charge on any atom is 0.0896 e. The van der Waals surface area contributed by atoms with Gasteiger partial charge in [-0.3, -0.25) is 0 Å². The van der Waals surface area contributed by atoms with Gasteiger partial charge in [0.15, 0.2) is 0 Å². The number of hydrogen-bond donors (Lipinski definition) is 1. The number of aromatic nitrogens is 1. The van der Waals surface area contributed by atoms with Crippen LogP contribution in [0.3, 0.4) is 0 Å². The predicted molar refractivity (Wildman–Crippen MR) is 65.4 cm³/mol. The highest BCUT2D eigenvalue weighted by Crippen LogP contribution is 2.17. The van der Waals surface area contributed by atoms with Gasteiger partial charge >= 0.3 is 0 Å². The first-order valence-corrected chi connectivity index (χ1v) is 6.81. The van der Waals surface area contributed by atoms with E-state index in [1.165, 1.54) is 42.0 Å². The molecule has 0 amide bonds. The van der Waals surface area contributed by atoms with Gasteiger partial charge in [-0.25, -0.2) is 4.98 Å². The van der Waals surface area contributed by atoms with Crippen LogP contribution in [-0.4, -0.2) is 17.6 Å². The van der Waals surface area contributed by atoms with E-state index in [2.05, 4.69) is 17.2 Å². The Labute approximate surface area is 96.1 Å². The van der Waals surface area contributed by atoms with Crippen molar-refractivity contribution in [3.63, 3.8) is 0 Å². The van der Waals surface area contributed by atoms with Crippen molar-refractivity contribution in [1.82, 2.24) is 10.3 Å². The second-order valence-corrected chi connectivity index (χ2v) is 5.70. The van der Waals surface area contributed by atoms with Gasteiger partial charge in [0.05, 0.1) is 5.01 Å². The first-order chi connectivity index (χ1) is 7.34. The van der Waals surface area contributed by atoms with Crippen molar-refractivity contribution in [2.45, 2.75) is 51.5 Å². The molecule has 1 aromatic rings. The molecule has 1 N–H and O–H groups in total. The van der Waals surface area contributed by atoms with Gasteiger partial charge in [-0.15, -0.1) is 11.3 Å². The summed E-state index contributed by atoms with van der Waals surface area (Å²) < 4.78 is 0. The first-order valence-electron chi connectivity index (χ1n) is 5.99. The van der Waals surface area contributed by atoms with Crippen LogP contribution in [0.25, 0.3) is 0 Å². The summed E-state index contributed by atoms with van der Waals surface area (Å²) in [5, 5.41) is 4.84. The van der Waals surface area contributed by atoms with E-state index in [4.69, 9.17) is 0 Å². The van der Waals surface area contributed by atoms with Crippen LogP contribution < -0.4 is 5.32 Å². The third-order valence-electron chi connectivity index (χ3n) is 3.08. The summed E-state index contributed by atoms with van der Waals surface area (Å²) in [4.78, 5) is 5.69. The van der Waals surface area contributed by atoms with Gasteiger partial charge in [-0.05, 0) is 26.2 Å². The third kappa shape index (κ3) is 3.58. The topological polar surface area (TPSA) is 24.9 Å². The SMILES string of the molecule is Cc1ncc(CCNC2CCCCC2)s1. The van der Waals surface area contributed by atoms with Crippen molar-refractivity contribution in [2.75, 3.05) is 6.54 Å². The van der Waals surface area contributed by atoms with Gasteiger partial charge in [0.1, 0.15) is 0 Å². The van der Waals surface area contributed by atoms with Crippen molar-refractivity contribution < 1.29 is 0 Å². The fourth-order valence-corrected chi connectivity index (χ4v) is 3.02. The number of nitrogens with zero attached hydrogens (tertiary/aromatic N) is 1. The van der Waals surface area contributed by atoms with E-state index in [0.717, 1.165) is 19.0 Å². The van der Waals surface area contributed by atoms with Crippen LogP contribution in [0.2, 0.25) is 0 Å². The molecule has 0 unspecified atom stereocenters. The van der Waals surface area contributed by atoms with Crippen molar-refractivity contribution in [3.8, 4) is 0 Å². The monoisotopic (exact) mass is 224 g/mol. The van der Waals surface area contributed by atoms with Gasteiger partial charge in [-0.2, -0.15) is 0 Å². The minimum absolute atomic E-state index is 0.785. The number of aryl methyl sites for hydroxylation is 1. The summed E-state index contributed by atoms with van der Waals surface area (Å²) in [5.41, 5.74) is 0. The fourth-order valence-electron chi connectivity index (χ4n) is 2.23. The zero-order valence-corrected chi connectivity index (χ0v) is 10.3. The van der Waals surface area contributed by atoms with E-state index in [0.29, 0.717) is 0 Å². The summed E-state index contributed by atoms with van der Waals surface area (Å²) in [6, 6.07) is 0.785. The molecule has 0 aliphatic heterocycles. The minimum atomic E-state index is 0.785. The van der Waals surface area contributed by atoms with Crippen molar-refractivity contribution >= 4 is 11.3 Å². The highest BCUT2D eigenvalue weighted by Gasteiger charge is 2.11. The average molecular weight is 224 g/mol. The minimum Gasteiger partial charge on any atom is -0.314 e. The molecular formula is C12H20N2S. The molecule has 1 aliphatic rings. The molecule has 3 heteroatoms. The molecule has 0 saturated heterocycles. The smallest absolute Gasteiger partial charge is 0.0896 e. The molecule has 0 aromatic carbocycles. The molecule has 2 nitrogen and oxygen atoms in total. The highest BCUT2D eigenvalue weighted by molar-refractivity contribution is 7.11. The number of rotatable bonds is 4. The van der Waals surface area contributed by atoms with Gasteiger partial charge in [0, 0.05) is 23.7 Å². The highest BCUT2D eigenvalue weighted by atomic mass is 32.1. The lowest BCUT2D eigenvalue weighted by atomic mass is 9.95. The Balaban J connectivity index is 1.65. The summed E-state index contributed by atoms with van der Waals surface area (Å²) in [6.45, 7) is 3.19. The van der Waals surface area contributed by atoms with Crippen LogP contribution in [0, 0.1) is 6.92 Å². The lowest BCUT2D eigenvalue weighted by Gasteiger charge is -2.22. The maximum absolute atomic E-state index is 4.27. The van der Waals surface area contributed by atoms with Crippen molar-refractivity contribution in [2.24, 2.45) is 0 Å². The van der Waals surface area contributed by atoms with Crippen molar-refractivity contribution in [3.05, 3.63) is 16.1 Å². The molecular weight excluding hydrogens is 204 g/mol. The number of thiazole rings is 1. The summed E-state index contributed by atoms with van der Waals surface area (Å²) in [5.74, 6) is 0. The lowest BCUT2D eigenvalue weighted by molar-refractivity contribution is 0.376. The molecule has 2 rings (SSSR count). The van der Waals surface area contributed by atoms with E-state index in [1.54, 1.807) is 0 Å². The second-order valence-electron chi connectivity index (χ2n) is 4.38. The summed E-state index contributed by atoms with van der Waals surface area (Å²) >= 11 is 1.82. The summed E-state index contributed by atoms with van der Waals surface area (Å²) in [6.07, 6.45) is 10.2. The Bertz CT molecular complexity index is 290. The van der Waals surface area contributed by atoms with Crippen molar-refractivity contribution in [1.29, 1.82) is 0 Å². The lowest BCUT2D eigenvalue weighted by Crippen LogP contribution is -2.32. The van der Waals surface area contributed by atoms with Crippen LogP contribution in [0.5, 0.6) is 0 Å². The average Bonchev–Trinajstić information content (AvgIpc) is 2.66. The van der Waals surface area contributed by atoms with E-state index < -0.39 is 0 Å². The molecule has 1 heterocycles. The Morgan fingerprint density at radius 1 is 1.40 bits per heavy atom.